The molecule has 6 heteroatoms. The van der Waals surface area contributed by atoms with Crippen LogP contribution in [-0.4, -0.2) is 16.0 Å². The van der Waals surface area contributed by atoms with Gasteiger partial charge in [0.2, 0.25) is 0 Å². The topological polar surface area (TPSA) is 51.1 Å². The molecule has 0 saturated heterocycles. The molecule has 0 aliphatic rings. The van der Waals surface area contributed by atoms with E-state index in [0.29, 0.717) is 10.4 Å². The Kier molecular flexibility index (Phi) is 4.27. The number of hydrogen-bond donors (Lipinski definition) is 1. The maximum atomic E-state index is 12.1. The maximum absolute atomic E-state index is 12.1. The van der Waals surface area contributed by atoms with E-state index < -0.39 is 0 Å². The van der Waals surface area contributed by atoms with Crippen LogP contribution >= 0.6 is 23.1 Å². The summed E-state index contributed by atoms with van der Waals surface area (Å²) in [6, 6.07) is 4.68. The summed E-state index contributed by atoms with van der Waals surface area (Å²) in [5, 5.41) is 3.89. The molecule has 2 aromatic rings. The van der Waals surface area contributed by atoms with Crippen molar-refractivity contribution in [2.75, 3.05) is 0 Å². The van der Waals surface area contributed by atoms with E-state index in [1.54, 1.807) is 18.2 Å². The largest absolute Gasteiger partial charge is 0.338 e. The number of nitrogens with one attached hydrogen (secondary N) is 1. The Morgan fingerprint density at radius 3 is 2.95 bits per heavy atom. The second-order valence-corrected chi connectivity index (χ2v) is 5.89. The van der Waals surface area contributed by atoms with Gasteiger partial charge < -0.3 is 5.32 Å². The highest BCUT2D eigenvalue weighted by molar-refractivity contribution is 7.14. The summed E-state index contributed by atoms with van der Waals surface area (Å²) in [6.07, 6.45) is 1.87. The lowest BCUT2D eigenvalue weighted by Gasteiger charge is -2.11. The quantitative estimate of drug-likeness (QED) is 0.943. The van der Waals surface area contributed by atoms with Crippen LogP contribution in [0, 0.1) is 0 Å². The molecule has 0 aliphatic carbocycles. The van der Waals surface area contributed by atoms with Gasteiger partial charge in [-0.25, -0.2) is 4.79 Å². The van der Waals surface area contributed by atoms with Crippen molar-refractivity contribution in [1.82, 2.24) is 9.27 Å². The first-order valence-corrected chi connectivity index (χ1v) is 7.30. The summed E-state index contributed by atoms with van der Waals surface area (Å²) in [5.41, 5.74) is -0.294. The SMILES string of the molecule is CCCC(C)NC(=O)n1sc2cc(Cl)ccc2c1=O. The minimum Gasteiger partial charge on any atom is -0.334 e. The zero-order chi connectivity index (χ0) is 14.0. The first kappa shape index (κ1) is 14.1. The number of halogens is 1. The summed E-state index contributed by atoms with van der Waals surface area (Å²) < 4.78 is 1.86. The molecule has 1 atom stereocenters. The van der Waals surface area contributed by atoms with E-state index in [9.17, 15) is 9.59 Å². The third kappa shape index (κ3) is 2.98. The van der Waals surface area contributed by atoms with E-state index in [1.807, 2.05) is 6.92 Å². The fourth-order valence-electron chi connectivity index (χ4n) is 1.91. The van der Waals surface area contributed by atoms with Crippen LogP contribution in [0.15, 0.2) is 23.0 Å². The van der Waals surface area contributed by atoms with Crippen molar-refractivity contribution < 1.29 is 4.79 Å². The van der Waals surface area contributed by atoms with Crippen molar-refractivity contribution in [1.29, 1.82) is 0 Å². The highest BCUT2D eigenvalue weighted by atomic mass is 35.5. The van der Waals surface area contributed by atoms with Crippen molar-refractivity contribution in [3.05, 3.63) is 33.6 Å². The monoisotopic (exact) mass is 298 g/mol. The molecular weight excluding hydrogens is 284 g/mol. The molecule has 0 fully saturated rings. The Morgan fingerprint density at radius 2 is 2.26 bits per heavy atom. The first-order chi connectivity index (χ1) is 9.02. The summed E-state index contributed by atoms with van der Waals surface area (Å²) in [5.74, 6) is 0. The molecule has 1 N–H and O–H groups in total. The summed E-state index contributed by atoms with van der Waals surface area (Å²) in [7, 11) is 0. The Bertz CT molecular complexity index is 662. The van der Waals surface area contributed by atoms with Gasteiger partial charge in [0, 0.05) is 11.1 Å². The normalized spacial score (nSPS) is 12.6. The van der Waals surface area contributed by atoms with Crippen LogP contribution in [0.3, 0.4) is 0 Å². The lowest BCUT2D eigenvalue weighted by Crippen LogP contribution is -2.38. The van der Waals surface area contributed by atoms with Gasteiger partial charge in [-0.1, -0.05) is 24.9 Å². The van der Waals surface area contributed by atoms with Crippen molar-refractivity contribution in [3.63, 3.8) is 0 Å². The summed E-state index contributed by atoms with van der Waals surface area (Å²) in [4.78, 5) is 24.1. The van der Waals surface area contributed by atoms with E-state index >= 15 is 0 Å². The Morgan fingerprint density at radius 1 is 1.53 bits per heavy atom. The molecule has 0 radical (unpaired) electrons. The minimum atomic E-state index is -0.372. The Hall–Kier alpha value is -1.33. The summed E-state index contributed by atoms with van der Waals surface area (Å²) in [6.45, 7) is 3.98. The van der Waals surface area contributed by atoms with Crippen LogP contribution in [-0.2, 0) is 0 Å². The third-order valence-electron chi connectivity index (χ3n) is 2.82. The third-order valence-corrected chi connectivity index (χ3v) is 4.11. The summed E-state index contributed by atoms with van der Waals surface area (Å²) >= 11 is 6.99. The van der Waals surface area contributed by atoms with Gasteiger partial charge in [-0.05, 0) is 43.1 Å². The van der Waals surface area contributed by atoms with Crippen molar-refractivity contribution >= 4 is 39.3 Å². The van der Waals surface area contributed by atoms with Crippen molar-refractivity contribution in [3.8, 4) is 0 Å². The maximum Gasteiger partial charge on any atom is 0.338 e. The second kappa shape index (κ2) is 5.75. The van der Waals surface area contributed by atoms with Gasteiger partial charge in [-0.15, -0.1) is 0 Å². The number of carbonyl (C=O) groups is 1. The van der Waals surface area contributed by atoms with Gasteiger partial charge in [0.05, 0.1) is 10.1 Å². The number of carbonyl (C=O) groups excluding carboxylic acids is 1. The van der Waals surface area contributed by atoms with Crippen LogP contribution in [0.2, 0.25) is 5.02 Å². The molecule has 1 unspecified atom stereocenters. The molecule has 0 bridgehead atoms. The number of hydrogen-bond acceptors (Lipinski definition) is 3. The van der Waals surface area contributed by atoms with Crippen LogP contribution < -0.4 is 10.9 Å². The molecule has 1 heterocycles. The molecule has 4 nitrogen and oxygen atoms in total. The number of rotatable bonds is 3. The zero-order valence-electron chi connectivity index (χ0n) is 10.8. The predicted molar refractivity (Wildman–Crippen MR) is 79.4 cm³/mol. The lowest BCUT2D eigenvalue weighted by atomic mass is 10.2. The molecule has 0 saturated carbocycles. The van der Waals surface area contributed by atoms with Crippen LogP contribution in [0.4, 0.5) is 4.79 Å². The standard InChI is InChI=1S/C13H15ClN2O2S/c1-3-4-8(2)15-13(18)16-12(17)10-6-5-9(14)7-11(10)19-16/h5-8H,3-4H2,1-2H3,(H,15,18). The Balaban J connectivity index is 2.32. The smallest absolute Gasteiger partial charge is 0.334 e. The zero-order valence-corrected chi connectivity index (χ0v) is 12.3. The van der Waals surface area contributed by atoms with Gasteiger partial charge in [0.1, 0.15) is 0 Å². The van der Waals surface area contributed by atoms with Crippen LogP contribution in [0.1, 0.15) is 26.7 Å². The number of benzene rings is 1. The highest BCUT2D eigenvalue weighted by Crippen LogP contribution is 2.21. The molecular formula is C13H15ClN2O2S. The second-order valence-electron chi connectivity index (χ2n) is 4.47. The van der Waals surface area contributed by atoms with Crippen LogP contribution in [0.5, 0.6) is 0 Å². The molecule has 1 aromatic carbocycles. The van der Waals surface area contributed by atoms with Crippen molar-refractivity contribution in [2.45, 2.75) is 32.7 Å². The number of fused-ring (bicyclic) bond motifs is 1. The van der Waals surface area contributed by atoms with Crippen LogP contribution in [0.25, 0.3) is 10.1 Å². The average molecular weight is 299 g/mol. The number of amides is 1. The fraction of sp³-hybridized carbons (Fsp3) is 0.385. The highest BCUT2D eigenvalue weighted by Gasteiger charge is 2.15. The molecule has 0 aliphatic heterocycles. The predicted octanol–water partition coefficient (Wildman–Crippen LogP) is 3.46. The molecule has 102 valence electrons. The van der Waals surface area contributed by atoms with E-state index in [1.165, 1.54) is 0 Å². The fourth-order valence-corrected chi connectivity index (χ4v) is 3.09. The van der Waals surface area contributed by atoms with Gasteiger partial charge >= 0.3 is 6.03 Å². The van der Waals surface area contributed by atoms with E-state index in [0.717, 1.165) is 33.0 Å². The minimum absolute atomic E-state index is 0.0539. The lowest BCUT2D eigenvalue weighted by molar-refractivity contribution is 0.240. The number of aromatic nitrogens is 1. The van der Waals surface area contributed by atoms with E-state index in [-0.39, 0.29) is 17.6 Å². The first-order valence-electron chi connectivity index (χ1n) is 6.15. The average Bonchev–Trinajstić information content (AvgIpc) is 2.66. The molecule has 1 amide bonds. The molecule has 2 rings (SSSR count). The van der Waals surface area contributed by atoms with E-state index in [2.05, 4.69) is 12.2 Å². The number of nitrogens with zero attached hydrogens (tertiary/aromatic N) is 1. The molecule has 1 aromatic heterocycles. The van der Waals surface area contributed by atoms with Crippen molar-refractivity contribution in [2.24, 2.45) is 0 Å². The Labute approximate surface area is 120 Å². The van der Waals surface area contributed by atoms with E-state index in [4.69, 9.17) is 11.6 Å². The molecule has 0 spiro atoms. The van der Waals surface area contributed by atoms with Gasteiger partial charge in [-0.3, -0.25) is 4.79 Å². The van der Waals surface area contributed by atoms with Gasteiger partial charge in [0.25, 0.3) is 5.56 Å². The van der Waals surface area contributed by atoms with Gasteiger partial charge in [0.15, 0.2) is 0 Å². The molecule has 19 heavy (non-hydrogen) atoms. The van der Waals surface area contributed by atoms with Gasteiger partial charge in [-0.2, -0.15) is 3.96 Å².